The van der Waals surface area contributed by atoms with Gasteiger partial charge in [0.15, 0.2) is 0 Å². The molecule has 3 aromatic rings. The van der Waals surface area contributed by atoms with E-state index >= 15 is 0 Å². The number of aliphatic hydroxyl groups excluding tert-OH is 1. The lowest BCUT2D eigenvalue weighted by molar-refractivity contribution is 0.0630. The minimum atomic E-state index is -1.14. The zero-order valence-electron chi connectivity index (χ0n) is 19.2. The van der Waals surface area contributed by atoms with Gasteiger partial charge in [-0.15, -0.1) is 0 Å². The summed E-state index contributed by atoms with van der Waals surface area (Å²) in [6.07, 6.45) is 1.26. The van der Waals surface area contributed by atoms with Crippen molar-refractivity contribution in [1.82, 2.24) is 14.9 Å². The molecule has 0 bridgehead atoms. The minimum absolute atomic E-state index is 0.0211. The number of carboxylic acid groups (broad SMARTS) is 1. The van der Waals surface area contributed by atoms with Gasteiger partial charge in [-0.05, 0) is 38.5 Å². The van der Waals surface area contributed by atoms with Crippen molar-refractivity contribution >= 4 is 29.2 Å². The first-order chi connectivity index (χ1) is 16.3. The topological polar surface area (TPSA) is 128 Å². The van der Waals surface area contributed by atoms with Crippen molar-refractivity contribution in [1.29, 1.82) is 0 Å². The molecule has 2 aromatic heterocycles. The molecule has 0 aliphatic carbocycles. The van der Waals surface area contributed by atoms with Crippen molar-refractivity contribution in [2.24, 2.45) is 0 Å². The largest absolute Gasteiger partial charge is 0.478 e. The number of amides is 1. The fraction of sp³-hybridized carbons (Fsp3) is 0.280. The van der Waals surface area contributed by atoms with Gasteiger partial charge in [0.05, 0.1) is 35.1 Å². The summed E-state index contributed by atoms with van der Waals surface area (Å²) in [5, 5.41) is 25.7. The molecule has 1 aliphatic rings. The van der Waals surface area contributed by atoms with Crippen molar-refractivity contribution in [2.75, 3.05) is 23.8 Å². The lowest BCUT2D eigenvalue weighted by atomic mass is 9.99. The van der Waals surface area contributed by atoms with Gasteiger partial charge in [0, 0.05) is 18.8 Å². The molecule has 1 amide bonds. The van der Waals surface area contributed by atoms with E-state index in [1.807, 2.05) is 51.1 Å². The Morgan fingerprint density at radius 2 is 1.88 bits per heavy atom. The minimum Gasteiger partial charge on any atom is -0.478 e. The fourth-order valence-corrected chi connectivity index (χ4v) is 4.29. The molecule has 0 spiro atoms. The highest BCUT2D eigenvalue weighted by Crippen LogP contribution is 2.38. The third kappa shape index (κ3) is 4.17. The highest BCUT2D eigenvalue weighted by atomic mass is 16.4. The number of hydrogen-bond donors (Lipinski definition) is 4. The van der Waals surface area contributed by atoms with Crippen molar-refractivity contribution < 1.29 is 19.8 Å². The molecule has 0 radical (unpaired) electrons. The van der Waals surface area contributed by atoms with Crippen molar-refractivity contribution in [3.05, 3.63) is 77.1 Å². The van der Waals surface area contributed by atoms with E-state index in [2.05, 4.69) is 20.6 Å². The number of fused-ring (bicyclic) bond motifs is 1. The number of nitrogens with zero attached hydrogens (tertiary/aromatic N) is 3. The molecule has 0 unspecified atom stereocenters. The molecule has 4 rings (SSSR count). The highest BCUT2D eigenvalue weighted by molar-refractivity contribution is 5.99. The second-order valence-corrected chi connectivity index (χ2v) is 8.54. The van der Waals surface area contributed by atoms with E-state index in [9.17, 15) is 19.8 Å². The van der Waals surface area contributed by atoms with Gasteiger partial charge in [-0.1, -0.05) is 30.3 Å². The molecule has 176 valence electrons. The second kappa shape index (κ2) is 9.11. The van der Waals surface area contributed by atoms with E-state index in [1.54, 1.807) is 23.1 Å². The monoisotopic (exact) mass is 461 g/mol. The van der Waals surface area contributed by atoms with Crippen LogP contribution in [0.3, 0.4) is 0 Å². The molecule has 0 fully saturated rings. The Bertz CT molecular complexity index is 1230. The highest BCUT2D eigenvalue weighted by Gasteiger charge is 2.43. The van der Waals surface area contributed by atoms with Crippen molar-refractivity contribution in [3.63, 3.8) is 0 Å². The smallest absolute Gasteiger partial charge is 0.339 e. The van der Waals surface area contributed by atoms with E-state index in [1.165, 1.54) is 6.20 Å². The summed E-state index contributed by atoms with van der Waals surface area (Å²) < 4.78 is 0. The quantitative estimate of drug-likeness (QED) is 0.399. The van der Waals surface area contributed by atoms with Gasteiger partial charge < -0.3 is 25.7 Å². The lowest BCUT2D eigenvalue weighted by Gasteiger charge is -2.30. The second-order valence-electron chi connectivity index (χ2n) is 8.54. The molecule has 0 saturated heterocycles. The maximum Gasteiger partial charge on any atom is 0.339 e. The molecular weight excluding hydrogens is 434 g/mol. The predicted octanol–water partition coefficient (Wildman–Crippen LogP) is 3.77. The number of carbonyl (C=O) groups is 2. The summed E-state index contributed by atoms with van der Waals surface area (Å²) in [4.78, 5) is 35.1. The van der Waals surface area contributed by atoms with Crippen LogP contribution in [-0.2, 0) is 5.54 Å². The number of nitrogens with one attached hydrogen (secondary N) is 2. The van der Waals surface area contributed by atoms with Gasteiger partial charge >= 0.3 is 5.97 Å². The third-order valence-corrected chi connectivity index (χ3v) is 6.05. The predicted molar refractivity (Wildman–Crippen MR) is 128 cm³/mol. The van der Waals surface area contributed by atoms with Crippen molar-refractivity contribution in [3.8, 4) is 0 Å². The maximum absolute atomic E-state index is 12.7. The first kappa shape index (κ1) is 23.2. The van der Waals surface area contributed by atoms with E-state index in [4.69, 9.17) is 0 Å². The number of rotatable bonds is 8. The van der Waals surface area contributed by atoms with Crippen LogP contribution >= 0.6 is 0 Å². The van der Waals surface area contributed by atoms with Crippen molar-refractivity contribution in [2.45, 2.75) is 32.4 Å². The zero-order chi connectivity index (χ0) is 24.5. The van der Waals surface area contributed by atoms with Gasteiger partial charge in [0.25, 0.3) is 5.91 Å². The Balaban J connectivity index is 1.64. The Morgan fingerprint density at radius 3 is 2.53 bits per heavy atom. The number of aromatic carboxylic acids is 1. The number of hydrogen-bond acceptors (Lipinski definition) is 7. The molecule has 1 atom stereocenters. The van der Waals surface area contributed by atoms with E-state index in [0.29, 0.717) is 35.1 Å². The average Bonchev–Trinajstić information content (AvgIpc) is 3.02. The molecule has 9 nitrogen and oxygen atoms in total. The number of carbonyl (C=O) groups excluding carboxylic acids is 1. The summed E-state index contributed by atoms with van der Waals surface area (Å²) in [7, 11) is 0. The van der Waals surface area contributed by atoms with Crippen LogP contribution in [0.4, 0.5) is 17.3 Å². The maximum atomic E-state index is 12.7. The van der Waals surface area contributed by atoms with E-state index in [0.717, 1.165) is 5.56 Å². The summed E-state index contributed by atoms with van der Waals surface area (Å²) in [5.41, 5.74) is 1.81. The summed E-state index contributed by atoms with van der Waals surface area (Å²) in [5.74, 6) is -0.324. The Hall–Kier alpha value is -3.98. The van der Waals surface area contributed by atoms with Crippen LogP contribution < -0.4 is 10.6 Å². The van der Waals surface area contributed by atoms with Gasteiger partial charge in [0.2, 0.25) is 0 Å². The van der Waals surface area contributed by atoms with Crippen LogP contribution in [0.1, 0.15) is 58.8 Å². The van der Waals surface area contributed by atoms with Gasteiger partial charge in [-0.3, -0.25) is 4.79 Å². The SMILES string of the molecule is CCN1C(=O)c2ccc(Nc3cc(N[C@H](CO)c4ccccc4)c(C(=O)O)cn3)nc2C1(C)C. The number of pyridine rings is 2. The Kier molecular flexibility index (Phi) is 6.21. The normalized spacial score (nSPS) is 15.1. The van der Waals surface area contributed by atoms with Gasteiger partial charge in [-0.2, -0.15) is 0 Å². The molecular formula is C25H27N5O4. The Labute approximate surface area is 197 Å². The lowest BCUT2D eigenvalue weighted by Crippen LogP contribution is -2.39. The van der Waals surface area contributed by atoms with Gasteiger partial charge in [-0.25, -0.2) is 14.8 Å². The molecule has 1 aliphatic heterocycles. The third-order valence-electron chi connectivity index (χ3n) is 6.05. The molecule has 3 heterocycles. The Morgan fingerprint density at radius 1 is 1.15 bits per heavy atom. The van der Waals surface area contributed by atoms with Crippen LogP contribution in [0.25, 0.3) is 0 Å². The fourth-order valence-electron chi connectivity index (χ4n) is 4.29. The molecule has 34 heavy (non-hydrogen) atoms. The summed E-state index contributed by atoms with van der Waals surface area (Å²) >= 11 is 0. The van der Waals surface area contributed by atoms with E-state index < -0.39 is 17.6 Å². The number of carboxylic acids is 1. The summed E-state index contributed by atoms with van der Waals surface area (Å²) in [6, 6.07) is 13.8. The van der Waals surface area contributed by atoms with Crippen LogP contribution in [-0.4, -0.2) is 50.1 Å². The van der Waals surface area contributed by atoms with Crippen LogP contribution in [0, 0.1) is 0 Å². The zero-order valence-corrected chi connectivity index (χ0v) is 19.2. The number of aliphatic hydroxyl groups is 1. The first-order valence-electron chi connectivity index (χ1n) is 11.0. The number of anilines is 3. The van der Waals surface area contributed by atoms with Gasteiger partial charge in [0.1, 0.15) is 17.2 Å². The number of benzene rings is 1. The first-order valence-corrected chi connectivity index (χ1v) is 11.0. The summed E-state index contributed by atoms with van der Waals surface area (Å²) in [6.45, 7) is 6.19. The number of aromatic nitrogens is 2. The average molecular weight is 462 g/mol. The van der Waals surface area contributed by atoms with Crippen LogP contribution in [0.15, 0.2) is 54.7 Å². The molecule has 9 heteroatoms. The molecule has 1 aromatic carbocycles. The van der Waals surface area contributed by atoms with Crippen LogP contribution in [0.5, 0.6) is 0 Å². The molecule has 0 saturated carbocycles. The van der Waals surface area contributed by atoms with E-state index in [-0.39, 0.29) is 18.1 Å². The standard InChI is InChI=1S/C25H27N5O4/c1-4-30-23(32)16-10-11-20(29-22(16)25(30,2)3)28-21-12-18(17(13-26-21)24(33)34)27-19(14-31)15-8-6-5-7-9-15/h5-13,19,31H,4,14H2,1-3H3,(H,33,34)(H2,26,27,28,29)/t19-/m1/s1. The van der Waals surface area contributed by atoms with Crippen LogP contribution in [0.2, 0.25) is 0 Å². The molecule has 4 N–H and O–H groups in total.